The smallest absolute Gasteiger partial charge is 0.744 e. The van der Waals surface area contributed by atoms with Gasteiger partial charge in [-0.2, -0.15) is 20.5 Å². The van der Waals surface area contributed by atoms with Crippen LogP contribution in [0.4, 0.5) is 38.9 Å². The Balaban J connectivity index is 0.00000323. The van der Waals surface area contributed by atoms with Crippen LogP contribution in [0.5, 0.6) is 11.5 Å². The number of benzene rings is 4. The molecule has 0 atom stereocenters. The number of amides is 2. The quantitative estimate of drug-likeness (QED) is 0.107. The molecule has 4 rings (SSSR count). The van der Waals surface area contributed by atoms with E-state index >= 15 is 0 Å². The van der Waals surface area contributed by atoms with E-state index in [2.05, 4.69) is 31.1 Å². The maximum Gasteiger partial charge on any atom is 1.00 e. The van der Waals surface area contributed by atoms with Crippen LogP contribution in [0.15, 0.2) is 110 Å². The third-order valence-electron chi connectivity index (χ3n) is 5.23. The Labute approximate surface area is 288 Å². The molecule has 0 aliphatic carbocycles. The fraction of sp³-hybridized carbons (Fsp3) is 0. The van der Waals surface area contributed by atoms with Crippen LogP contribution in [0.1, 0.15) is 10.4 Å². The minimum absolute atomic E-state index is 0. The molecule has 0 spiro atoms. The summed E-state index contributed by atoms with van der Waals surface area (Å²) in [6.07, 6.45) is 0. The Bertz CT molecular complexity index is 1780. The van der Waals surface area contributed by atoms with Crippen molar-refractivity contribution in [2.24, 2.45) is 20.5 Å². The van der Waals surface area contributed by atoms with Crippen molar-refractivity contribution in [2.45, 2.75) is 4.90 Å². The van der Waals surface area contributed by atoms with Gasteiger partial charge in [0.1, 0.15) is 21.6 Å². The Morgan fingerprint density at radius 1 is 0.628 bits per heavy atom. The molecule has 0 saturated carbocycles. The van der Waals surface area contributed by atoms with Crippen LogP contribution >= 0.6 is 0 Å². The Morgan fingerprint density at radius 2 is 1.02 bits per heavy atom. The van der Waals surface area contributed by atoms with Crippen molar-refractivity contribution in [3.8, 4) is 11.5 Å². The molecule has 0 bridgehead atoms. The molecule has 14 nitrogen and oxygen atoms in total. The number of hydrogen-bond donors (Lipinski definition) is 4. The van der Waals surface area contributed by atoms with E-state index in [1.165, 1.54) is 30.3 Å². The molecular formula is C26H18N6Na2O8S. The second kappa shape index (κ2) is 15.7. The number of azo groups is 2. The monoisotopic (exact) mass is 620 g/mol. The number of nitrogens with one attached hydrogen (secondary N) is 2. The van der Waals surface area contributed by atoms with E-state index < -0.39 is 44.1 Å². The third kappa shape index (κ3) is 10.2. The molecule has 0 saturated heterocycles. The number of rotatable bonds is 8. The second-order valence-electron chi connectivity index (χ2n) is 8.17. The SMILES string of the molecule is O=C(Nc1ccc(N=Nc2ccc(O)c(C(=O)[O-])c2)cc1)Nc1ccc(N=Nc2ccc(O)c(S(=O)(=O)[O-])c2)cc1.[Na+].[Na+]. The van der Waals surface area contributed by atoms with Gasteiger partial charge in [-0.25, -0.2) is 13.2 Å². The van der Waals surface area contributed by atoms with Crippen LogP contribution in [0.25, 0.3) is 0 Å². The Morgan fingerprint density at radius 3 is 1.47 bits per heavy atom. The second-order valence-corrected chi connectivity index (χ2v) is 9.52. The number of aromatic carboxylic acids is 1. The number of phenolic OH excluding ortho intramolecular Hbond substituents is 1. The first-order valence-corrected chi connectivity index (χ1v) is 12.8. The van der Waals surface area contributed by atoms with Crippen molar-refractivity contribution in [2.75, 3.05) is 10.6 Å². The molecule has 4 N–H and O–H groups in total. The average Bonchev–Trinajstić information content (AvgIpc) is 2.93. The average molecular weight is 621 g/mol. The number of nitrogens with zero attached hydrogens (tertiary/aromatic N) is 4. The first kappa shape index (κ1) is 35.5. The normalized spacial score (nSPS) is 11.0. The van der Waals surface area contributed by atoms with Gasteiger partial charge >= 0.3 is 65.1 Å². The predicted octanol–water partition coefficient (Wildman–Crippen LogP) is -1.15. The van der Waals surface area contributed by atoms with Gasteiger partial charge in [-0.05, 0) is 84.9 Å². The summed E-state index contributed by atoms with van der Waals surface area (Å²) in [5.41, 5.74) is 1.49. The molecule has 2 amide bonds. The fourth-order valence-electron chi connectivity index (χ4n) is 3.26. The summed E-state index contributed by atoms with van der Waals surface area (Å²) in [4.78, 5) is 22.6. The molecule has 0 heterocycles. The zero-order valence-corrected chi connectivity index (χ0v) is 27.4. The molecule has 17 heteroatoms. The number of carboxylic acids is 1. The molecule has 208 valence electrons. The molecule has 43 heavy (non-hydrogen) atoms. The van der Waals surface area contributed by atoms with Crippen molar-refractivity contribution < 1.29 is 97.0 Å². The summed E-state index contributed by atoms with van der Waals surface area (Å²) < 4.78 is 33.6. The van der Waals surface area contributed by atoms with Gasteiger partial charge in [-0.1, -0.05) is 0 Å². The van der Waals surface area contributed by atoms with E-state index in [1.54, 1.807) is 36.4 Å². The fourth-order valence-corrected chi connectivity index (χ4v) is 3.85. The maximum absolute atomic E-state index is 12.4. The standard InChI is InChI=1S/C26H20N6O8S.2Na/c33-22-11-9-19(13-21(22)25(35)36)31-29-17-5-1-15(2-6-17)27-26(37)28-16-3-7-18(8-4-16)30-32-20-10-12-23(34)24(14-20)41(38,39)40;;/h1-14,33-34H,(H,35,36)(H2,27,28,37)(H,38,39,40);;/q;2*+1/p-2. The van der Waals surface area contributed by atoms with E-state index in [1.807, 2.05) is 0 Å². The van der Waals surface area contributed by atoms with E-state index in [0.29, 0.717) is 22.7 Å². The van der Waals surface area contributed by atoms with Crippen molar-refractivity contribution in [3.63, 3.8) is 0 Å². The zero-order chi connectivity index (χ0) is 29.6. The summed E-state index contributed by atoms with van der Waals surface area (Å²) >= 11 is 0. The molecule has 0 fully saturated rings. The largest absolute Gasteiger partial charge is 1.00 e. The number of aromatic hydroxyl groups is 2. The zero-order valence-electron chi connectivity index (χ0n) is 22.6. The van der Waals surface area contributed by atoms with Gasteiger partial charge in [0.15, 0.2) is 0 Å². The Hall–Kier alpha value is -3.67. The minimum atomic E-state index is -4.88. The van der Waals surface area contributed by atoms with Crippen molar-refractivity contribution in [3.05, 3.63) is 90.5 Å². The topological polar surface area (TPSA) is 228 Å². The molecule has 0 aromatic heterocycles. The number of urea groups is 1. The number of carbonyl (C=O) groups is 2. The van der Waals surface area contributed by atoms with Gasteiger partial charge in [-0.15, -0.1) is 0 Å². The van der Waals surface area contributed by atoms with Crippen LogP contribution < -0.4 is 74.9 Å². The molecule has 4 aromatic rings. The number of carboxylic acid groups (broad SMARTS) is 1. The van der Waals surface area contributed by atoms with Gasteiger partial charge in [0.2, 0.25) is 0 Å². The minimum Gasteiger partial charge on any atom is -0.744 e. The van der Waals surface area contributed by atoms with Gasteiger partial charge in [0.25, 0.3) is 0 Å². The Kier molecular flexibility index (Phi) is 13.0. The molecule has 0 aliphatic rings. The van der Waals surface area contributed by atoms with Crippen molar-refractivity contribution in [1.29, 1.82) is 0 Å². The predicted molar refractivity (Wildman–Crippen MR) is 142 cm³/mol. The van der Waals surface area contributed by atoms with Crippen LogP contribution in [-0.2, 0) is 10.1 Å². The molecular weight excluding hydrogens is 602 g/mol. The van der Waals surface area contributed by atoms with Gasteiger partial charge in [0.05, 0.1) is 33.6 Å². The molecule has 0 aliphatic heterocycles. The number of phenols is 2. The van der Waals surface area contributed by atoms with Gasteiger partial charge in [-0.3, -0.25) is 0 Å². The van der Waals surface area contributed by atoms with E-state index in [9.17, 15) is 37.9 Å². The summed E-state index contributed by atoms with van der Waals surface area (Å²) in [6.45, 7) is 0. The molecule has 0 radical (unpaired) electrons. The van der Waals surface area contributed by atoms with Crippen molar-refractivity contribution >= 4 is 56.2 Å². The first-order chi connectivity index (χ1) is 19.5. The van der Waals surface area contributed by atoms with E-state index in [4.69, 9.17) is 0 Å². The van der Waals surface area contributed by atoms with Crippen LogP contribution in [0, 0.1) is 0 Å². The van der Waals surface area contributed by atoms with E-state index in [0.717, 1.165) is 18.2 Å². The molecule has 0 unspecified atom stereocenters. The number of hydrogen-bond acceptors (Lipinski definition) is 12. The van der Waals surface area contributed by atoms with Gasteiger partial charge in [0, 0.05) is 16.9 Å². The summed E-state index contributed by atoms with van der Waals surface area (Å²) in [5, 5.41) is 51.0. The van der Waals surface area contributed by atoms with Gasteiger partial charge < -0.3 is 35.3 Å². The van der Waals surface area contributed by atoms with E-state index in [-0.39, 0.29) is 70.5 Å². The first-order valence-electron chi connectivity index (χ1n) is 11.4. The molecule has 4 aromatic carbocycles. The summed E-state index contributed by atoms with van der Waals surface area (Å²) in [6, 6.07) is 18.8. The number of carbonyl (C=O) groups excluding carboxylic acids is 2. The summed E-state index contributed by atoms with van der Waals surface area (Å²) in [5.74, 6) is -2.67. The summed E-state index contributed by atoms with van der Waals surface area (Å²) in [7, 11) is -4.88. The third-order valence-corrected chi connectivity index (χ3v) is 6.09. The van der Waals surface area contributed by atoms with Crippen molar-refractivity contribution in [1.82, 2.24) is 0 Å². The number of anilines is 2. The van der Waals surface area contributed by atoms with Crippen LogP contribution in [0.3, 0.4) is 0 Å². The maximum atomic E-state index is 12.4. The van der Waals surface area contributed by atoms with Crippen LogP contribution in [-0.4, -0.2) is 35.2 Å². The van der Waals surface area contributed by atoms with Crippen LogP contribution in [0.2, 0.25) is 0 Å².